The van der Waals surface area contributed by atoms with Crippen molar-refractivity contribution in [3.05, 3.63) is 11.3 Å². The van der Waals surface area contributed by atoms with Crippen molar-refractivity contribution >= 4 is 11.6 Å². The zero-order valence-electron chi connectivity index (χ0n) is 11.4. The first-order valence-corrected chi connectivity index (χ1v) is 5.96. The lowest BCUT2D eigenvalue weighted by Gasteiger charge is -2.20. The number of hydrogen-bond acceptors (Lipinski definition) is 5. The van der Waals surface area contributed by atoms with E-state index in [1.807, 2.05) is 0 Å². The molecule has 0 aromatic carbocycles. The second-order valence-electron chi connectivity index (χ2n) is 4.64. The molecule has 0 saturated carbocycles. The number of hydrogen-bond donors (Lipinski definition) is 2. The van der Waals surface area contributed by atoms with Crippen LogP contribution in [0.25, 0.3) is 0 Å². The summed E-state index contributed by atoms with van der Waals surface area (Å²) in [5.74, 6) is 4.66. The summed E-state index contributed by atoms with van der Waals surface area (Å²) in [5, 5.41) is 1.23. The quantitative estimate of drug-likeness (QED) is 0.548. The molecule has 20 heavy (non-hydrogen) atoms. The molecule has 6 nitrogen and oxygen atoms in total. The standard InChI is InChI=1S/C11H18F3N5O/c1-18(2)10(20)9(15)8(11(12,13)14)7-6-19(16)5-3-4-17-7/h3-6,15-16H2,1-2H3. The number of alkyl halides is 3. The molecule has 0 fully saturated rings. The van der Waals surface area contributed by atoms with E-state index in [9.17, 15) is 18.0 Å². The maximum atomic E-state index is 13.2. The highest BCUT2D eigenvalue weighted by molar-refractivity contribution is 6.09. The molecule has 0 aliphatic carbocycles. The maximum absolute atomic E-state index is 13.2. The Hall–Kier alpha value is -1.61. The van der Waals surface area contributed by atoms with Crippen LogP contribution in [0.15, 0.2) is 16.3 Å². The Morgan fingerprint density at radius 2 is 2.00 bits per heavy atom. The van der Waals surface area contributed by atoms with E-state index in [0.717, 1.165) is 4.90 Å². The molecule has 4 N–H and O–H groups in total. The van der Waals surface area contributed by atoms with Gasteiger partial charge >= 0.3 is 6.18 Å². The molecular weight excluding hydrogens is 275 g/mol. The fourth-order valence-corrected chi connectivity index (χ4v) is 1.79. The van der Waals surface area contributed by atoms with Crippen LogP contribution in [0, 0.1) is 0 Å². The highest BCUT2D eigenvalue weighted by Crippen LogP contribution is 2.29. The minimum Gasteiger partial charge on any atom is -0.394 e. The minimum atomic E-state index is -4.76. The van der Waals surface area contributed by atoms with E-state index in [4.69, 9.17) is 11.6 Å². The third-order valence-electron chi connectivity index (χ3n) is 2.74. The second-order valence-corrected chi connectivity index (χ2v) is 4.64. The van der Waals surface area contributed by atoms with E-state index < -0.39 is 23.4 Å². The summed E-state index contributed by atoms with van der Waals surface area (Å²) in [5.41, 5.74) is 3.04. The van der Waals surface area contributed by atoms with E-state index in [2.05, 4.69) is 4.99 Å². The molecule has 1 aliphatic rings. The largest absolute Gasteiger partial charge is 0.420 e. The van der Waals surface area contributed by atoms with Crippen LogP contribution in [0.4, 0.5) is 13.2 Å². The molecule has 0 aromatic heterocycles. The molecule has 0 unspecified atom stereocenters. The van der Waals surface area contributed by atoms with Gasteiger partial charge in [0.05, 0.1) is 12.3 Å². The van der Waals surface area contributed by atoms with Gasteiger partial charge in [-0.25, -0.2) is 5.01 Å². The molecule has 0 aromatic rings. The third-order valence-corrected chi connectivity index (χ3v) is 2.74. The van der Waals surface area contributed by atoms with Crippen molar-refractivity contribution in [3.63, 3.8) is 0 Å². The number of nitrogens with two attached hydrogens (primary N) is 2. The second kappa shape index (κ2) is 6.23. The van der Waals surface area contributed by atoms with E-state index in [0.29, 0.717) is 13.0 Å². The molecule has 0 saturated heterocycles. The monoisotopic (exact) mass is 293 g/mol. The molecule has 0 spiro atoms. The first-order chi connectivity index (χ1) is 9.14. The zero-order chi connectivity index (χ0) is 15.5. The van der Waals surface area contributed by atoms with Gasteiger partial charge in [-0.1, -0.05) is 0 Å². The fourth-order valence-electron chi connectivity index (χ4n) is 1.79. The van der Waals surface area contributed by atoms with Gasteiger partial charge in [-0.15, -0.1) is 0 Å². The molecule has 1 aliphatic heterocycles. The van der Waals surface area contributed by atoms with Gasteiger partial charge in [0.25, 0.3) is 5.91 Å². The van der Waals surface area contributed by atoms with Crippen molar-refractivity contribution in [2.45, 2.75) is 12.6 Å². The Balaban J connectivity index is 3.29. The fraction of sp³-hybridized carbons (Fsp3) is 0.636. The van der Waals surface area contributed by atoms with Crippen molar-refractivity contribution in [2.75, 3.05) is 33.7 Å². The van der Waals surface area contributed by atoms with Gasteiger partial charge in [-0.3, -0.25) is 15.6 Å². The Bertz CT molecular complexity index is 442. The summed E-state index contributed by atoms with van der Waals surface area (Å²) in [6.07, 6.45) is -4.22. The lowest BCUT2D eigenvalue weighted by molar-refractivity contribution is -0.126. The van der Waals surface area contributed by atoms with Crippen LogP contribution < -0.4 is 11.6 Å². The average molecular weight is 293 g/mol. The van der Waals surface area contributed by atoms with Gasteiger partial charge < -0.3 is 10.6 Å². The van der Waals surface area contributed by atoms with Crippen LogP contribution in [-0.2, 0) is 4.79 Å². The van der Waals surface area contributed by atoms with E-state index >= 15 is 0 Å². The van der Waals surface area contributed by atoms with Gasteiger partial charge in [-0.2, -0.15) is 13.2 Å². The predicted octanol–water partition coefficient (Wildman–Crippen LogP) is -0.130. The highest BCUT2D eigenvalue weighted by Gasteiger charge is 2.41. The van der Waals surface area contributed by atoms with Crippen LogP contribution in [-0.4, -0.2) is 61.4 Å². The van der Waals surface area contributed by atoms with Crippen molar-refractivity contribution in [2.24, 2.45) is 16.6 Å². The van der Waals surface area contributed by atoms with Gasteiger partial charge in [0.1, 0.15) is 11.3 Å². The van der Waals surface area contributed by atoms with Crippen molar-refractivity contribution in [3.8, 4) is 0 Å². The number of rotatable bonds is 2. The Labute approximate surface area is 114 Å². The van der Waals surface area contributed by atoms with Crippen LogP contribution in [0.2, 0.25) is 0 Å². The number of hydrazine groups is 1. The lowest BCUT2D eigenvalue weighted by atomic mass is 10.1. The number of likely N-dealkylation sites (N-methyl/N-ethyl adjacent to an activating group) is 1. The smallest absolute Gasteiger partial charge is 0.394 e. The molecular formula is C11H18F3N5O. The molecule has 1 amide bonds. The average Bonchev–Trinajstić information content (AvgIpc) is 2.51. The molecule has 9 heteroatoms. The van der Waals surface area contributed by atoms with Crippen molar-refractivity contribution in [1.82, 2.24) is 9.91 Å². The predicted molar refractivity (Wildman–Crippen MR) is 68.6 cm³/mol. The van der Waals surface area contributed by atoms with Crippen LogP contribution >= 0.6 is 0 Å². The summed E-state index contributed by atoms with van der Waals surface area (Å²) in [6.45, 7) is 0.446. The van der Waals surface area contributed by atoms with Gasteiger partial charge in [0.2, 0.25) is 0 Å². The Morgan fingerprint density at radius 1 is 1.40 bits per heavy atom. The molecule has 114 valence electrons. The number of halogens is 3. The summed E-state index contributed by atoms with van der Waals surface area (Å²) >= 11 is 0. The molecule has 1 heterocycles. The van der Waals surface area contributed by atoms with Crippen LogP contribution in [0.1, 0.15) is 6.42 Å². The zero-order valence-corrected chi connectivity index (χ0v) is 11.4. The molecule has 0 bridgehead atoms. The molecule has 1 rings (SSSR count). The topological polar surface area (TPSA) is 88.0 Å². The van der Waals surface area contributed by atoms with Gasteiger partial charge in [0, 0.05) is 27.2 Å². The first kappa shape index (κ1) is 16.4. The number of carbonyl (C=O) groups is 1. The normalized spacial score (nSPS) is 19.0. The summed E-state index contributed by atoms with van der Waals surface area (Å²) < 4.78 is 39.6. The van der Waals surface area contributed by atoms with E-state index in [-0.39, 0.29) is 18.8 Å². The van der Waals surface area contributed by atoms with Gasteiger partial charge in [-0.05, 0) is 6.42 Å². The summed E-state index contributed by atoms with van der Waals surface area (Å²) in [6, 6.07) is 0. The highest BCUT2D eigenvalue weighted by atomic mass is 19.4. The van der Waals surface area contributed by atoms with E-state index in [1.165, 1.54) is 19.1 Å². The lowest BCUT2D eigenvalue weighted by Crippen LogP contribution is -2.40. The minimum absolute atomic E-state index is 0.198. The van der Waals surface area contributed by atoms with Crippen molar-refractivity contribution < 1.29 is 18.0 Å². The summed E-state index contributed by atoms with van der Waals surface area (Å²) in [7, 11) is 2.65. The number of carbonyl (C=O) groups excluding carboxylic acids is 1. The molecule has 0 atom stereocenters. The van der Waals surface area contributed by atoms with E-state index in [1.54, 1.807) is 0 Å². The maximum Gasteiger partial charge on any atom is 0.420 e. The van der Waals surface area contributed by atoms with Crippen LogP contribution in [0.5, 0.6) is 0 Å². The number of nitrogens with zero attached hydrogens (tertiary/aromatic N) is 3. The Kier molecular flexibility index (Phi) is 5.12. The number of aliphatic imine (C=N–C) groups is 1. The third kappa shape index (κ3) is 3.94. The van der Waals surface area contributed by atoms with Gasteiger partial charge in [0.15, 0.2) is 0 Å². The first-order valence-electron chi connectivity index (χ1n) is 5.96. The Morgan fingerprint density at radius 3 is 2.50 bits per heavy atom. The van der Waals surface area contributed by atoms with Crippen molar-refractivity contribution in [1.29, 1.82) is 0 Å². The SMILES string of the molecule is CN(C)C(=O)C(N)=C(C1=NCCCN(N)C1)C(F)(F)F. The molecule has 0 radical (unpaired) electrons. The van der Waals surface area contributed by atoms with Crippen LogP contribution in [0.3, 0.4) is 0 Å². The number of amides is 1. The summed E-state index contributed by atoms with van der Waals surface area (Å²) in [4.78, 5) is 16.5.